The van der Waals surface area contributed by atoms with Gasteiger partial charge in [0.15, 0.2) is 5.96 Å². The summed E-state index contributed by atoms with van der Waals surface area (Å²) in [6.45, 7) is 13.2. The second-order valence-electron chi connectivity index (χ2n) is 7.96. The Labute approximate surface area is 192 Å². The number of halogens is 1. The van der Waals surface area contributed by atoms with Gasteiger partial charge in [0.1, 0.15) is 11.6 Å². The van der Waals surface area contributed by atoms with Crippen molar-refractivity contribution in [3.8, 4) is 5.75 Å². The standard InChI is InChI=1S/C22H35N5O.HI/c1-16(2)14-27-12-11-24-21(27)13-25-22(23-6)26-18(5)19-7-9-20(10-8-19)28-15-17(3)4;/h7-12,16-18H,13-15H2,1-6H3,(H2,23,25,26);1H. The van der Waals surface area contributed by atoms with Gasteiger partial charge in [-0.1, -0.05) is 39.8 Å². The SMILES string of the molecule is CN=C(NCc1nccn1CC(C)C)NC(C)c1ccc(OCC(C)C)cc1.I. The van der Waals surface area contributed by atoms with Crippen LogP contribution in [0.3, 0.4) is 0 Å². The van der Waals surface area contributed by atoms with Crippen molar-refractivity contribution in [1.29, 1.82) is 0 Å². The van der Waals surface area contributed by atoms with Crippen LogP contribution in [0.25, 0.3) is 0 Å². The Morgan fingerprint density at radius 2 is 1.79 bits per heavy atom. The fourth-order valence-corrected chi connectivity index (χ4v) is 2.83. The molecule has 1 aromatic carbocycles. The number of nitrogens with one attached hydrogen (secondary N) is 2. The zero-order valence-corrected chi connectivity index (χ0v) is 20.8. The number of aromatic nitrogens is 2. The third-order valence-corrected chi connectivity index (χ3v) is 4.32. The Balaban J connectivity index is 0.00000420. The van der Waals surface area contributed by atoms with Gasteiger partial charge in [-0.3, -0.25) is 4.99 Å². The molecule has 7 heteroatoms. The first-order valence-electron chi connectivity index (χ1n) is 10.1. The molecule has 2 rings (SSSR count). The largest absolute Gasteiger partial charge is 0.493 e. The molecular weight excluding hydrogens is 477 g/mol. The Hall–Kier alpha value is -1.77. The molecule has 0 bridgehead atoms. The fourth-order valence-electron chi connectivity index (χ4n) is 2.83. The van der Waals surface area contributed by atoms with E-state index >= 15 is 0 Å². The lowest BCUT2D eigenvalue weighted by Gasteiger charge is -2.19. The number of aliphatic imine (C=N–C) groups is 1. The topological polar surface area (TPSA) is 63.5 Å². The molecule has 0 amide bonds. The highest BCUT2D eigenvalue weighted by Gasteiger charge is 2.10. The van der Waals surface area contributed by atoms with E-state index in [0.29, 0.717) is 18.4 Å². The van der Waals surface area contributed by atoms with E-state index in [2.05, 4.69) is 71.9 Å². The van der Waals surface area contributed by atoms with Gasteiger partial charge in [0.2, 0.25) is 0 Å². The summed E-state index contributed by atoms with van der Waals surface area (Å²) < 4.78 is 7.94. The second kappa shape index (κ2) is 12.7. The molecule has 2 N–H and O–H groups in total. The van der Waals surface area contributed by atoms with Crippen LogP contribution in [-0.2, 0) is 13.1 Å². The van der Waals surface area contributed by atoms with Gasteiger partial charge in [-0.2, -0.15) is 0 Å². The Morgan fingerprint density at radius 3 is 2.38 bits per heavy atom. The van der Waals surface area contributed by atoms with Gasteiger partial charge >= 0.3 is 0 Å². The predicted molar refractivity (Wildman–Crippen MR) is 131 cm³/mol. The van der Waals surface area contributed by atoms with E-state index in [9.17, 15) is 0 Å². The van der Waals surface area contributed by atoms with E-state index < -0.39 is 0 Å². The molecule has 0 fully saturated rings. The monoisotopic (exact) mass is 513 g/mol. The molecule has 0 radical (unpaired) electrons. The normalized spacial score (nSPS) is 12.6. The lowest BCUT2D eigenvalue weighted by atomic mass is 10.1. The quantitative estimate of drug-likeness (QED) is 0.292. The molecule has 162 valence electrons. The van der Waals surface area contributed by atoms with E-state index in [1.165, 1.54) is 5.56 Å². The van der Waals surface area contributed by atoms with Crippen LogP contribution in [0.4, 0.5) is 0 Å². The number of benzene rings is 1. The van der Waals surface area contributed by atoms with E-state index in [0.717, 1.165) is 30.7 Å². The molecule has 0 spiro atoms. The molecule has 29 heavy (non-hydrogen) atoms. The summed E-state index contributed by atoms with van der Waals surface area (Å²) in [5.74, 6) is 3.77. The highest BCUT2D eigenvalue weighted by molar-refractivity contribution is 14.0. The van der Waals surface area contributed by atoms with Crippen molar-refractivity contribution in [3.63, 3.8) is 0 Å². The first-order valence-corrected chi connectivity index (χ1v) is 10.1. The smallest absolute Gasteiger partial charge is 0.191 e. The molecule has 1 atom stereocenters. The molecule has 1 heterocycles. The maximum absolute atomic E-state index is 5.76. The molecule has 0 aliphatic rings. The zero-order chi connectivity index (χ0) is 20.5. The van der Waals surface area contributed by atoms with Crippen molar-refractivity contribution in [2.75, 3.05) is 13.7 Å². The van der Waals surface area contributed by atoms with Crippen LogP contribution < -0.4 is 15.4 Å². The summed E-state index contributed by atoms with van der Waals surface area (Å²) in [5, 5.41) is 6.80. The van der Waals surface area contributed by atoms with Crippen LogP contribution in [-0.4, -0.2) is 29.2 Å². The van der Waals surface area contributed by atoms with E-state index in [4.69, 9.17) is 4.74 Å². The number of guanidine groups is 1. The molecule has 1 aromatic heterocycles. The van der Waals surface area contributed by atoms with Crippen molar-refractivity contribution in [1.82, 2.24) is 20.2 Å². The lowest BCUT2D eigenvalue weighted by molar-refractivity contribution is 0.271. The van der Waals surface area contributed by atoms with Crippen LogP contribution in [0.5, 0.6) is 5.75 Å². The lowest BCUT2D eigenvalue weighted by Crippen LogP contribution is -2.38. The third kappa shape index (κ3) is 8.64. The summed E-state index contributed by atoms with van der Waals surface area (Å²) >= 11 is 0. The minimum Gasteiger partial charge on any atom is -0.493 e. The van der Waals surface area contributed by atoms with Crippen molar-refractivity contribution < 1.29 is 4.74 Å². The molecule has 0 saturated heterocycles. The molecule has 0 aliphatic heterocycles. The van der Waals surface area contributed by atoms with Gasteiger partial charge in [-0.05, 0) is 36.5 Å². The van der Waals surface area contributed by atoms with Gasteiger partial charge in [0.05, 0.1) is 19.2 Å². The fraction of sp³-hybridized carbons (Fsp3) is 0.545. The summed E-state index contributed by atoms with van der Waals surface area (Å²) in [6.07, 6.45) is 3.87. The van der Waals surface area contributed by atoms with Crippen LogP contribution in [0.2, 0.25) is 0 Å². The minimum atomic E-state index is 0. The number of rotatable bonds is 9. The van der Waals surface area contributed by atoms with E-state index in [1.807, 2.05) is 24.5 Å². The third-order valence-electron chi connectivity index (χ3n) is 4.32. The highest BCUT2D eigenvalue weighted by atomic mass is 127. The number of nitrogens with zero attached hydrogens (tertiary/aromatic N) is 3. The molecule has 1 unspecified atom stereocenters. The maximum Gasteiger partial charge on any atom is 0.191 e. The van der Waals surface area contributed by atoms with Gasteiger partial charge in [0.25, 0.3) is 0 Å². The molecule has 0 saturated carbocycles. The summed E-state index contributed by atoms with van der Waals surface area (Å²) in [6, 6.07) is 8.36. The Bertz CT molecular complexity index is 740. The first-order chi connectivity index (χ1) is 13.4. The first kappa shape index (κ1) is 25.3. The van der Waals surface area contributed by atoms with E-state index in [-0.39, 0.29) is 30.0 Å². The van der Waals surface area contributed by atoms with Crippen LogP contribution >= 0.6 is 24.0 Å². The average molecular weight is 513 g/mol. The summed E-state index contributed by atoms with van der Waals surface area (Å²) in [4.78, 5) is 8.80. The number of ether oxygens (including phenoxy) is 1. The van der Waals surface area contributed by atoms with Gasteiger partial charge in [0, 0.05) is 26.0 Å². The molecule has 2 aromatic rings. The van der Waals surface area contributed by atoms with Crippen molar-refractivity contribution in [3.05, 3.63) is 48.0 Å². The number of hydrogen-bond donors (Lipinski definition) is 2. The number of imidazole rings is 1. The van der Waals surface area contributed by atoms with E-state index in [1.54, 1.807) is 7.05 Å². The van der Waals surface area contributed by atoms with Crippen LogP contribution in [0.15, 0.2) is 41.7 Å². The second-order valence-corrected chi connectivity index (χ2v) is 7.96. The summed E-state index contributed by atoms with van der Waals surface area (Å²) in [5.41, 5.74) is 1.18. The Morgan fingerprint density at radius 1 is 1.10 bits per heavy atom. The molecule has 0 aliphatic carbocycles. The molecular formula is C22H36IN5O. The van der Waals surface area contributed by atoms with Crippen molar-refractivity contribution in [2.24, 2.45) is 16.8 Å². The molecule has 6 nitrogen and oxygen atoms in total. The van der Waals surface area contributed by atoms with Crippen LogP contribution in [0, 0.1) is 11.8 Å². The zero-order valence-electron chi connectivity index (χ0n) is 18.5. The maximum atomic E-state index is 5.76. The average Bonchev–Trinajstić information content (AvgIpc) is 3.09. The summed E-state index contributed by atoms with van der Waals surface area (Å²) in [7, 11) is 1.78. The number of hydrogen-bond acceptors (Lipinski definition) is 3. The van der Waals surface area contributed by atoms with Crippen molar-refractivity contribution in [2.45, 2.75) is 53.8 Å². The Kier molecular flexibility index (Phi) is 11.1. The van der Waals surface area contributed by atoms with Gasteiger partial charge < -0.3 is 19.9 Å². The van der Waals surface area contributed by atoms with Crippen LogP contribution in [0.1, 0.15) is 52.0 Å². The highest BCUT2D eigenvalue weighted by Crippen LogP contribution is 2.18. The minimum absolute atomic E-state index is 0. The predicted octanol–water partition coefficient (Wildman–Crippen LogP) is 4.62. The van der Waals surface area contributed by atoms with Crippen molar-refractivity contribution >= 4 is 29.9 Å². The van der Waals surface area contributed by atoms with Gasteiger partial charge in [-0.15, -0.1) is 24.0 Å². The van der Waals surface area contributed by atoms with Gasteiger partial charge in [-0.25, -0.2) is 4.98 Å².